The summed E-state index contributed by atoms with van der Waals surface area (Å²) in [6.07, 6.45) is 7.60. The lowest BCUT2D eigenvalue weighted by Crippen LogP contribution is -1.98. The number of anilines is 1. The molecule has 0 bridgehead atoms. The van der Waals surface area contributed by atoms with Gasteiger partial charge in [0, 0.05) is 6.20 Å². The Bertz CT molecular complexity index is 243. The molecule has 1 radical (unpaired) electrons. The fraction of sp³-hybridized carbons (Fsp3) is 0. The van der Waals surface area contributed by atoms with Gasteiger partial charge in [0.1, 0.15) is 6.26 Å². The Labute approximate surface area is 58.3 Å². The quantitative estimate of drug-likeness (QED) is 0.576. The molecule has 3 heteroatoms. The molecular formula is C7H5N2O. The summed E-state index contributed by atoms with van der Waals surface area (Å²) in [7, 11) is 0. The summed E-state index contributed by atoms with van der Waals surface area (Å²) >= 11 is 0. The molecule has 2 rings (SSSR count). The molecule has 10 heavy (non-hydrogen) atoms. The van der Waals surface area contributed by atoms with Crippen LogP contribution >= 0.6 is 0 Å². The molecule has 0 unspecified atom stereocenters. The molecule has 1 aliphatic heterocycles. The Balaban J connectivity index is 2.47. The molecule has 1 aromatic rings. The van der Waals surface area contributed by atoms with Gasteiger partial charge < -0.3 is 10.1 Å². The standard InChI is InChI=1S/C7H5N2O/c1-2-8-5-7-6(1)9-3-4-10-7/h1,3-5,9H. The van der Waals surface area contributed by atoms with Crippen LogP contribution in [0.3, 0.4) is 0 Å². The number of nitrogens with zero attached hydrogens (tertiary/aromatic N) is 1. The maximum Gasteiger partial charge on any atom is 0.168 e. The maximum atomic E-state index is 5.10. The molecular weight excluding hydrogens is 128 g/mol. The number of nitrogens with one attached hydrogen (secondary N) is 1. The lowest BCUT2D eigenvalue weighted by molar-refractivity contribution is 0.474. The highest BCUT2D eigenvalue weighted by atomic mass is 16.5. The average Bonchev–Trinajstić information content (AvgIpc) is 2.05. The van der Waals surface area contributed by atoms with E-state index in [0.717, 1.165) is 11.4 Å². The Morgan fingerprint density at radius 1 is 1.60 bits per heavy atom. The zero-order chi connectivity index (χ0) is 6.81. The lowest BCUT2D eigenvalue weighted by atomic mass is 10.3. The first-order valence-corrected chi connectivity index (χ1v) is 2.91. The highest BCUT2D eigenvalue weighted by molar-refractivity contribution is 5.57. The van der Waals surface area contributed by atoms with Crippen molar-refractivity contribution < 1.29 is 4.74 Å². The average molecular weight is 133 g/mol. The van der Waals surface area contributed by atoms with E-state index in [1.54, 1.807) is 24.7 Å². The fourth-order valence-corrected chi connectivity index (χ4v) is 0.776. The molecule has 0 atom stereocenters. The van der Waals surface area contributed by atoms with Crippen LogP contribution in [0.1, 0.15) is 0 Å². The van der Waals surface area contributed by atoms with E-state index in [1.165, 1.54) is 0 Å². The van der Waals surface area contributed by atoms with E-state index in [2.05, 4.69) is 16.5 Å². The van der Waals surface area contributed by atoms with Gasteiger partial charge in [-0.15, -0.1) is 0 Å². The summed E-state index contributed by atoms with van der Waals surface area (Å²) in [5.41, 5.74) is 0.900. The van der Waals surface area contributed by atoms with Crippen LogP contribution in [0.15, 0.2) is 24.7 Å². The molecule has 0 spiro atoms. The van der Waals surface area contributed by atoms with Crippen LogP contribution in [0, 0.1) is 6.20 Å². The molecule has 0 fully saturated rings. The van der Waals surface area contributed by atoms with Gasteiger partial charge in [-0.25, -0.2) is 0 Å². The van der Waals surface area contributed by atoms with Crippen LogP contribution < -0.4 is 10.1 Å². The van der Waals surface area contributed by atoms with Gasteiger partial charge in [-0.1, -0.05) is 0 Å². The van der Waals surface area contributed by atoms with Gasteiger partial charge >= 0.3 is 0 Å². The number of hydrogen-bond donors (Lipinski definition) is 1. The van der Waals surface area contributed by atoms with Crippen LogP contribution in [0.25, 0.3) is 0 Å². The summed E-state index contributed by atoms with van der Waals surface area (Å²) < 4.78 is 5.10. The van der Waals surface area contributed by atoms with Crippen LogP contribution in [0.2, 0.25) is 0 Å². The van der Waals surface area contributed by atoms with Gasteiger partial charge in [-0.3, -0.25) is 4.98 Å². The van der Waals surface area contributed by atoms with Gasteiger partial charge in [0.05, 0.1) is 18.1 Å². The van der Waals surface area contributed by atoms with Crippen LogP contribution in [-0.4, -0.2) is 4.98 Å². The van der Waals surface area contributed by atoms with Crippen molar-refractivity contribution in [1.82, 2.24) is 4.98 Å². The first-order chi connectivity index (χ1) is 4.97. The van der Waals surface area contributed by atoms with Gasteiger partial charge in [-0.05, 0) is 6.07 Å². The third-order valence-electron chi connectivity index (χ3n) is 1.23. The number of hydrogen-bond acceptors (Lipinski definition) is 3. The van der Waals surface area contributed by atoms with Crippen molar-refractivity contribution in [2.45, 2.75) is 0 Å². The molecule has 1 N–H and O–H groups in total. The second-order valence-corrected chi connectivity index (χ2v) is 1.87. The molecule has 1 aliphatic rings. The molecule has 49 valence electrons. The minimum Gasteiger partial charge on any atom is -0.460 e. The Morgan fingerprint density at radius 3 is 3.50 bits per heavy atom. The molecule has 1 aromatic heterocycles. The Hall–Kier alpha value is -1.51. The van der Waals surface area contributed by atoms with Crippen LogP contribution in [-0.2, 0) is 0 Å². The largest absolute Gasteiger partial charge is 0.460 e. The molecule has 3 nitrogen and oxygen atoms in total. The summed E-state index contributed by atoms with van der Waals surface area (Å²) in [6, 6.07) is 1.73. The normalized spacial score (nSPS) is 13.2. The van der Waals surface area contributed by atoms with E-state index in [4.69, 9.17) is 4.74 Å². The van der Waals surface area contributed by atoms with Crippen molar-refractivity contribution in [3.8, 4) is 5.75 Å². The van der Waals surface area contributed by atoms with E-state index in [0.29, 0.717) is 0 Å². The van der Waals surface area contributed by atoms with Crippen molar-refractivity contribution in [2.24, 2.45) is 0 Å². The Kier molecular flexibility index (Phi) is 1.07. The molecule has 0 amide bonds. The minimum absolute atomic E-state index is 0.737. The highest BCUT2D eigenvalue weighted by Crippen LogP contribution is 2.24. The third-order valence-corrected chi connectivity index (χ3v) is 1.23. The summed E-state index contributed by atoms with van der Waals surface area (Å²) in [6.45, 7) is 0. The first-order valence-electron chi connectivity index (χ1n) is 2.91. The second kappa shape index (κ2) is 2.02. The topological polar surface area (TPSA) is 34.1 Å². The van der Waals surface area contributed by atoms with Crippen LogP contribution in [0.4, 0.5) is 5.69 Å². The smallest absolute Gasteiger partial charge is 0.168 e. The fourth-order valence-electron chi connectivity index (χ4n) is 0.776. The van der Waals surface area contributed by atoms with E-state index in [-0.39, 0.29) is 0 Å². The SMILES string of the molecule is [c]1cc2c(cn1)OC=CN2. The molecule has 0 aromatic carbocycles. The van der Waals surface area contributed by atoms with Crippen LogP contribution in [0.5, 0.6) is 5.75 Å². The predicted octanol–water partition coefficient (Wildman–Crippen LogP) is 1.16. The summed E-state index contributed by atoms with van der Waals surface area (Å²) in [4.78, 5) is 3.77. The van der Waals surface area contributed by atoms with Gasteiger partial charge in [0.25, 0.3) is 0 Å². The van der Waals surface area contributed by atoms with Crippen molar-refractivity contribution in [3.05, 3.63) is 30.9 Å². The lowest BCUT2D eigenvalue weighted by Gasteiger charge is -2.10. The van der Waals surface area contributed by atoms with E-state index in [1.807, 2.05) is 0 Å². The monoisotopic (exact) mass is 133 g/mol. The van der Waals surface area contributed by atoms with E-state index >= 15 is 0 Å². The van der Waals surface area contributed by atoms with E-state index < -0.39 is 0 Å². The van der Waals surface area contributed by atoms with Gasteiger partial charge in [0.15, 0.2) is 5.75 Å². The van der Waals surface area contributed by atoms with Gasteiger partial charge in [0.2, 0.25) is 0 Å². The highest BCUT2D eigenvalue weighted by Gasteiger charge is 2.02. The second-order valence-electron chi connectivity index (χ2n) is 1.87. The Morgan fingerprint density at radius 2 is 2.60 bits per heavy atom. The molecule has 0 saturated heterocycles. The molecule has 2 heterocycles. The predicted molar refractivity (Wildman–Crippen MR) is 36.5 cm³/mol. The van der Waals surface area contributed by atoms with Crippen molar-refractivity contribution in [2.75, 3.05) is 5.32 Å². The zero-order valence-electron chi connectivity index (χ0n) is 5.16. The first kappa shape index (κ1) is 5.29. The van der Waals surface area contributed by atoms with E-state index in [9.17, 15) is 0 Å². The molecule has 0 aliphatic carbocycles. The van der Waals surface area contributed by atoms with Crippen molar-refractivity contribution in [3.63, 3.8) is 0 Å². The summed E-state index contributed by atoms with van der Waals surface area (Å²) in [5.74, 6) is 0.737. The minimum atomic E-state index is 0.737. The number of pyridine rings is 1. The third kappa shape index (κ3) is 0.719. The zero-order valence-corrected chi connectivity index (χ0v) is 5.16. The van der Waals surface area contributed by atoms with Crippen molar-refractivity contribution >= 4 is 5.69 Å². The number of aromatic nitrogens is 1. The van der Waals surface area contributed by atoms with Crippen molar-refractivity contribution in [1.29, 1.82) is 0 Å². The summed E-state index contributed by atoms with van der Waals surface area (Å²) in [5, 5.41) is 2.99. The number of ether oxygens (including phenoxy) is 1. The number of rotatable bonds is 0. The van der Waals surface area contributed by atoms with Gasteiger partial charge in [-0.2, -0.15) is 0 Å². The maximum absolute atomic E-state index is 5.10. The number of fused-ring (bicyclic) bond motifs is 1. The molecule has 0 saturated carbocycles.